The van der Waals surface area contributed by atoms with E-state index in [4.69, 9.17) is 5.73 Å². The molecule has 4 heteroatoms. The molecule has 0 spiro atoms. The monoisotopic (exact) mass is 255 g/mol. The maximum atomic E-state index is 11.7. The van der Waals surface area contributed by atoms with E-state index >= 15 is 0 Å². The van der Waals surface area contributed by atoms with E-state index in [0.717, 1.165) is 32.6 Å². The molecule has 1 aliphatic carbocycles. The Morgan fingerprint density at radius 2 is 2.00 bits per heavy atom. The minimum Gasteiger partial charge on any atom is -0.368 e. The fraction of sp³-hybridized carbons (Fsp3) is 0.929. The lowest BCUT2D eigenvalue weighted by atomic mass is 9.76. The first-order valence-corrected chi connectivity index (χ1v) is 7.29. The molecule has 1 aliphatic rings. The van der Waals surface area contributed by atoms with Crippen molar-refractivity contribution in [1.82, 2.24) is 10.2 Å². The molecule has 0 saturated heterocycles. The molecule has 1 amide bonds. The number of hydrogen-bond donors (Lipinski definition) is 2. The minimum atomic E-state index is -0.530. The second-order valence-electron chi connectivity index (χ2n) is 5.65. The van der Waals surface area contributed by atoms with Gasteiger partial charge in [-0.05, 0) is 32.4 Å². The van der Waals surface area contributed by atoms with Crippen molar-refractivity contribution in [1.29, 1.82) is 0 Å². The summed E-state index contributed by atoms with van der Waals surface area (Å²) in [7, 11) is 0. The van der Waals surface area contributed by atoms with Crippen LogP contribution in [0.2, 0.25) is 0 Å². The zero-order chi connectivity index (χ0) is 13.6. The highest BCUT2D eigenvalue weighted by molar-refractivity contribution is 5.84. The molecular weight excluding hydrogens is 226 g/mol. The highest BCUT2D eigenvalue weighted by Crippen LogP contribution is 2.33. The van der Waals surface area contributed by atoms with Crippen molar-refractivity contribution >= 4 is 5.91 Å². The van der Waals surface area contributed by atoms with E-state index in [1.165, 1.54) is 19.3 Å². The van der Waals surface area contributed by atoms with Gasteiger partial charge in [-0.3, -0.25) is 4.79 Å². The van der Waals surface area contributed by atoms with E-state index in [1.54, 1.807) is 0 Å². The van der Waals surface area contributed by atoms with Gasteiger partial charge in [-0.1, -0.05) is 33.1 Å². The molecule has 3 N–H and O–H groups in total. The summed E-state index contributed by atoms with van der Waals surface area (Å²) in [5, 5.41) is 3.38. The predicted molar refractivity (Wildman–Crippen MR) is 75.3 cm³/mol. The molecule has 0 radical (unpaired) electrons. The lowest BCUT2D eigenvalue weighted by molar-refractivity contribution is -0.124. The maximum Gasteiger partial charge on any atom is 0.237 e. The van der Waals surface area contributed by atoms with Crippen LogP contribution in [0, 0.1) is 5.92 Å². The Hall–Kier alpha value is -0.610. The van der Waals surface area contributed by atoms with Gasteiger partial charge in [0.1, 0.15) is 0 Å². The van der Waals surface area contributed by atoms with Crippen LogP contribution in [0.1, 0.15) is 46.5 Å². The molecule has 1 saturated carbocycles. The van der Waals surface area contributed by atoms with Gasteiger partial charge < -0.3 is 16.0 Å². The average molecular weight is 255 g/mol. The largest absolute Gasteiger partial charge is 0.368 e. The van der Waals surface area contributed by atoms with E-state index in [2.05, 4.69) is 24.1 Å². The van der Waals surface area contributed by atoms with Gasteiger partial charge in [0.25, 0.3) is 0 Å². The Morgan fingerprint density at radius 3 is 2.39 bits per heavy atom. The summed E-state index contributed by atoms with van der Waals surface area (Å²) in [4.78, 5) is 14.0. The van der Waals surface area contributed by atoms with Crippen molar-refractivity contribution in [2.45, 2.75) is 52.0 Å². The SMILES string of the molecule is CCN(CC)CCNC(C)(CC1CCC1)C(N)=O. The van der Waals surface area contributed by atoms with Crippen molar-refractivity contribution in [3.63, 3.8) is 0 Å². The summed E-state index contributed by atoms with van der Waals surface area (Å²) in [6, 6.07) is 0. The quantitative estimate of drug-likeness (QED) is 0.654. The number of nitrogens with two attached hydrogens (primary N) is 1. The third kappa shape index (κ3) is 4.25. The Kier molecular flexibility index (Phi) is 6.09. The molecular formula is C14H29N3O. The number of primary amides is 1. The van der Waals surface area contributed by atoms with E-state index < -0.39 is 5.54 Å². The van der Waals surface area contributed by atoms with Crippen molar-refractivity contribution in [2.75, 3.05) is 26.2 Å². The summed E-state index contributed by atoms with van der Waals surface area (Å²) in [5.74, 6) is 0.470. The number of nitrogens with one attached hydrogen (secondary N) is 1. The fourth-order valence-electron chi connectivity index (χ4n) is 2.56. The molecule has 106 valence electrons. The van der Waals surface area contributed by atoms with Crippen LogP contribution in [0.3, 0.4) is 0 Å². The van der Waals surface area contributed by atoms with Crippen molar-refractivity contribution in [3.8, 4) is 0 Å². The van der Waals surface area contributed by atoms with Gasteiger partial charge in [-0.15, -0.1) is 0 Å². The average Bonchev–Trinajstić information content (AvgIpc) is 2.29. The Labute approximate surface area is 111 Å². The molecule has 1 fully saturated rings. The highest BCUT2D eigenvalue weighted by Gasteiger charge is 2.35. The second kappa shape index (κ2) is 7.10. The zero-order valence-electron chi connectivity index (χ0n) is 12.2. The number of rotatable bonds is 9. The normalized spacial score (nSPS) is 19.6. The van der Waals surface area contributed by atoms with Crippen LogP contribution in [0.5, 0.6) is 0 Å². The zero-order valence-corrected chi connectivity index (χ0v) is 12.2. The molecule has 1 unspecified atom stereocenters. The van der Waals surface area contributed by atoms with Crippen LogP contribution < -0.4 is 11.1 Å². The highest BCUT2D eigenvalue weighted by atomic mass is 16.1. The Balaban J connectivity index is 2.38. The summed E-state index contributed by atoms with van der Waals surface area (Å²) in [6.07, 6.45) is 4.70. The molecule has 4 nitrogen and oxygen atoms in total. The van der Waals surface area contributed by atoms with Gasteiger partial charge in [0, 0.05) is 13.1 Å². The molecule has 18 heavy (non-hydrogen) atoms. The van der Waals surface area contributed by atoms with Crippen molar-refractivity contribution < 1.29 is 4.79 Å². The van der Waals surface area contributed by atoms with Gasteiger partial charge in [0.05, 0.1) is 5.54 Å². The first-order valence-electron chi connectivity index (χ1n) is 7.29. The van der Waals surface area contributed by atoms with Crippen LogP contribution in [-0.2, 0) is 4.79 Å². The van der Waals surface area contributed by atoms with Gasteiger partial charge in [-0.25, -0.2) is 0 Å². The number of carbonyl (C=O) groups excluding carboxylic acids is 1. The standard InChI is InChI=1S/C14H29N3O/c1-4-17(5-2)10-9-16-14(3,13(15)18)11-12-7-6-8-12/h12,16H,4-11H2,1-3H3,(H2,15,18). The molecule has 1 atom stereocenters. The number of carbonyl (C=O) groups is 1. The van der Waals surface area contributed by atoms with Crippen LogP contribution in [0.4, 0.5) is 0 Å². The van der Waals surface area contributed by atoms with Crippen LogP contribution in [0.15, 0.2) is 0 Å². The number of likely N-dealkylation sites (N-methyl/N-ethyl adjacent to an activating group) is 1. The predicted octanol–water partition coefficient (Wildman–Crippen LogP) is 1.35. The first kappa shape index (κ1) is 15.4. The van der Waals surface area contributed by atoms with Gasteiger partial charge in [0.2, 0.25) is 5.91 Å². The molecule has 0 heterocycles. The van der Waals surface area contributed by atoms with Crippen LogP contribution in [0.25, 0.3) is 0 Å². The second-order valence-corrected chi connectivity index (χ2v) is 5.65. The maximum absolute atomic E-state index is 11.7. The van der Waals surface area contributed by atoms with Gasteiger partial charge in [0.15, 0.2) is 0 Å². The lowest BCUT2D eigenvalue weighted by Gasteiger charge is -2.36. The minimum absolute atomic E-state index is 0.214. The smallest absolute Gasteiger partial charge is 0.237 e. The van der Waals surface area contributed by atoms with E-state index in [0.29, 0.717) is 5.92 Å². The number of amides is 1. The molecule has 1 rings (SSSR count). The molecule has 0 aromatic rings. The lowest BCUT2D eigenvalue weighted by Crippen LogP contribution is -2.56. The van der Waals surface area contributed by atoms with Gasteiger partial charge in [-0.2, -0.15) is 0 Å². The van der Waals surface area contributed by atoms with Crippen molar-refractivity contribution in [2.24, 2.45) is 11.7 Å². The van der Waals surface area contributed by atoms with Crippen LogP contribution >= 0.6 is 0 Å². The topological polar surface area (TPSA) is 58.4 Å². The number of nitrogens with zero attached hydrogens (tertiary/aromatic N) is 1. The van der Waals surface area contributed by atoms with Crippen molar-refractivity contribution in [3.05, 3.63) is 0 Å². The first-order chi connectivity index (χ1) is 8.51. The van der Waals surface area contributed by atoms with E-state index in [1.807, 2.05) is 6.92 Å². The molecule has 0 bridgehead atoms. The Morgan fingerprint density at radius 1 is 1.39 bits per heavy atom. The molecule has 0 aromatic heterocycles. The third-order valence-corrected chi connectivity index (χ3v) is 4.30. The molecule has 0 aliphatic heterocycles. The Bertz CT molecular complexity index is 262. The third-order valence-electron chi connectivity index (χ3n) is 4.30. The fourth-order valence-corrected chi connectivity index (χ4v) is 2.56. The summed E-state index contributed by atoms with van der Waals surface area (Å²) >= 11 is 0. The van der Waals surface area contributed by atoms with Crippen LogP contribution in [-0.4, -0.2) is 42.5 Å². The molecule has 0 aromatic carbocycles. The van der Waals surface area contributed by atoms with E-state index in [-0.39, 0.29) is 5.91 Å². The summed E-state index contributed by atoms with van der Waals surface area (Å²) in [6.45, 7) is 10.2. The number of hydrogen-bond acceptors (Lipinski definition) is 3. The summed E-state index contributed by atoms with van der Waals surface area (Å²) < 4.78 is 0. The summed E-state index contributed by atoms with van der Waals surface area (Å²) in [5.41, 5.74) is 5.04. The van der Waals surface area contributed by atoms with Gasteiger partial charge >= 0.3 is 0 Å². The van der Waals surface area contributed by atoms with E-state index in [9.17, 15) is 4.79 Å².